The van der Waals surface area contributed by atoms with E-state index in [0.29, 0.717) is 6.42 Å². The number of aliphatic hydroxyl groups excluding tert-OH is 1. The van der Waals surface area contributed by atoms with Gasteiger partial charge in [0.1, 0.15) is 17.5 Å². The van der Waals surface area contributed by atoms with Crippen LogP contribution in [-0.4, -0.2) is 58.2 Å². The van der Waals surface area contributed by atoms with E-state index >= 15 is 4.39 Å². The molecule has 1 fully saturated rings. The Morgan fingerprint density at radius 2 is 1.61 bits per heavy atom. The summed E-state index contributed by atoms with van der Waals surface area (Å²) in [6, 6.07) is 0. The van der Waals surface area contributed by atoms with Crippen LogP contribution in [0.5, 0.6) is 0 Å². The predicted octanol–water partition coefficient (Wildman–Crippen LogP) is 3.71. The number of carbonyl (C=O) groups excluding carboxylic acids is 2. The zero-order chi connectivity index (χ0) is 24.5. The molecule has 31 heavy (non-hydrogen) atoms. The third-order valence-corrected chi connectivity index (χ3v) is 8.25. The van der Waals surface area contributed by atoms with Gasteiger partial charge in [0, 0.05) is 24.9 Å². The van der Waals surface area contributed by atoms with Gasteiger partial charge >= 0.3 is 5.97 Å². The van der Waals surface area contributed by atoms with Crippen molar-refractivity contribution in [1.29, 1.82) is 0 Å². The molecule has 0 radical (unpaired) electrons. The largest absolute Gasteiger partial charge is 0.457 e. The summed E-state index contributed by atoms with van der Waals surface area (Å²) < 4.78 is 27.0. The molecule has 182 valence electrons. The number of methoxy groups -OCH3 is 1. The predicted molar refractivity (Wildman–Crippen MR) is 117 cm³/mol. The molecule has 1 aliphatic heterocycles. The van der Waals surface area contributed by atoms with Gasteiger partial charge in [-0.15, -0.1) is 0 Å². The number of Topliss-reactive ketones (excluding diaryl/α,β-unsaturated/α-hetero) is 1. The van der Waals surface area contributed by atoms with E-state index in [2.05, 4.69) is 0 Å². The fraction of sp³-hybridized carbons (Fsp3) is 0.917. The maximum Gasteiger partial charge on any atom is 0.344 e. The van der Waals surface area contributed by atoms with Crippen LogP contribution in [-0.2, 0) is 19.1 Å². The Balaban J connectivity index is 3.57. The first-order valence-corrected chi connectivity index (χ1v) is 11.4. The van der Waals surface area contributed by atoms with Crippen LogP contribution in [0.1, 0.15) is 75.2 Å². The first-order valence-electron chi connectivity index (χ1n) is 11.4. The third kappa shape index (κ3) is 5.31. The molecule has 0 unspecified atom stereocenters. The number of esters is 1. The van der Waals surface area contributed by atoms with Crippen LogP contribution in [0.2, 0.25) is 0 Å². The molecule has 0 bridgehead atoms. The van der Waals surface area contributed by atoms with Gasteiger partial charge in [-0.1, -0.05) is 41.5 Å². The van der Waals surface area contributed by atoms with E-state index in [9.17, 15) is 19.8 Å². The summed E-state index contributed by atoms with van der Waals surface area (Å²) in [6.07, 6.45) is -2.13. The fourth-order valence-corrected chi connectivity index (χ4v) is 4.99. The number of ketones is 1. The smallest absolute Gasteiger partial charge is 0.344 e. The standard InChI is InChI=1S/C24H43FO6/c1-11-18-24(9,29)20(27)15(4)19(26)13(2)12-22(7,30-10)16(5)14(3)17(6)23(8,25)21(28)31-18/h13-18,20,27,29H,11-12H2,1-10H3/t13-,14-,15+,16-,17+,18-,20-,22-,23+,24-/m1/s1. The summed E-state index contributed by atoms with van der Waals surface area (Å²) in [5.74, 6) is -3.84. The number of aliphatic hydroxyl groups is 2. The summed E-state index contributed by atoms with van der Waals surface area (Å²) in [5.41, 5.74) is -4.99. The van der Waals surface area contributed by atoms with Gasteiger partial charge in [-0.3, -0.25) is 4.79 Å². The zero-order valence-electron chi connectivity index (χ0n) is 20.9. The summed E-state index contributed by atoms with van der Waals surface area (Å²) >= 11 is 0. The Morgan fingerprint density at radius 3 is 2.06 bits per heavy atom. The second-order valence-corrected chi connectivity index (χ2v) is 10.3. The molecule has 1 heterocycles. The van der Waals surface area contributed by atoms with Crippen molar-refractivity contribution in [3.8, 4) is 0 Å². The monoisotopic (exact) mass is 446 g/mol. The Kier molecular flexibility index (Phi) is 8.88. The molecule has 0 saturated carbocycles. The molecule has 0 aromatic carbocycles. The number of carbonyl (C=O) groups is 2. The number of cyclic esters (lactones) is 1. The minimum atomic E-state index is -2.31. The summed E-state index contributed by atoms with van der Waals surface area (Å²) in [6.45, 7) is 14.9. The topological polar surface area (TPSA) is 93.1 Å². The van der Waals surface area contributed by atoms with Gasteiger partial charge in [0.25, 0.3) is 0 Å². The van der Waals surface area contributed by atoms with Gasteiger partial charge in [-0.05, 0) is 45.4 Å². The average Bonchev–Trinajstić information content (AvgIpc) is 2.72. The number of ether oxygens (including phenoxy) is 2. The van der Waals surface area contributed by atoms with Crippen molar-refractivity contribution in [2.24, 2.45) is 29.6 Å². The van der Waals surface area contributed by atoms with Crippen LogP contribution in [0.25, 0.3) is 0 Å². The molecule has 1 rings (SSSR count). The maximum absolute atomic E-state index is 15.8. The molecule has 1 saturated heterocycles. The Bertz CT molecular complexity index is 648. The number of hydrogen-bond donors (Lipinski definition) is 2. The lowest BCUT2D eigenvalue weighted by Crippen LogP contribution is -2.57. The number of alkyl halides is 1. The normalized spacial score (nSPS) is 48.7. The van der Waals surface area contributed by atoms with E-state index in [1.54, 1.807) is 34.8 Å². The van der Waals surface area contributed by atoms with E-state index < -0.39 is 52.8 Å². The molecule has 0 aliphatic carbocycles. The molecule has 0 aromatic heterocycles. The van der Waals surface area contributed by atoms with Crippen molar-refractivity contribution < 1.29 is 33.7 Å². The SMILES string of the molecule is CC[C@H]1OC(=O)[C@@](C)(F)[C@@H](C)[C@H](C)[C@@H](C)[C@](C)(OC)C[C@@H](C)C(=O)[C@H](C)[C@@H](O)[C@]1(C)O. The Morgan fingerprint density at radius 1 is 1.10 bits per heavy atom. The van der Waals surface area contributed by atoms with Gasteiger partial charge < -0.3 is 19.7 Å². The van der Waals surface area contributed by atoms with Crippen LogP contribution in [0.4, 0.5) is 4.39 Å². The number of halogens is 1. The van der Waals surface area contributed by atoms with Crippen molar-refractivity contribution in [2.45, 2.75) is 104 Å². The molecule has 0 aromatic rings. The molecule has 10 atom stereocenters. The van der Waals surface area contributed by atoms with Crippen LogP contribution in [0.3, 0.4) is 0 Å². The first-order chi connectivity index (χ1) is 14.0. The second kappa shape index (κ2) is 9.84. The van der Waals surface area contributed by atoms with Crippen LogP contribution >= 0.6 is 0 Å². The van der Waals surface area contributed by atoms with Gasteiger partial charge in [-0.2, -0.15) is 0 Å². The van der Waals surface area contributed by atoms with Crippen molar-refractivity contribution in [1.82, 2.24) is 0 Å². The van der Waals surface area contributed by atoms with Crippen LogP contribution in [0, 0.1) is 29.6 Å². The van der Waals surface area contributed by atoms with Gasteiger partial charge in [0.2, 0.25) is 5.67 Å². The Hall–Kier alpha value is -1.05. The van der Waals surface area contributed by atoms with Crippen molar-refractivity contribution in [3.63, 3.8) is 0 Å². The zero-order valence-corrected chi connectivity index (χ0v) is 20.9. The molecule has 0 amide bonds. The van der Waals surface area contributed by atoms with Crippen molar-refractivity contribution in [2.75, 3.05) is 7.11 Å². The molecular formula is C24H43FO6. The molecule has 6 nitrogen and oxygen atoms in total. The highest BCUT2D eigenvalue weighted by molar-refractivity contribution is 5.83. The molecular weight excluding hydrogens is 403 g/mol. The molecule has 7 heteroatoms. The lowest BCUT2D eigenvalue weighted by atomic mass is 9.68. The minimum Gasteiger partial charge on any atom is -0.457 e. The van der Waals surface area contributed by atoms with E-state index in [4.69, 9.17) is 9.47 Å². The highest BCUT2D eigenvalue weighted by Crippen LogP contribution is 2.42. The van der Waals surface area contributed by atoms with Gasteiger partial charge in [0.15, 0.2) is 0 Å². The van der Waals surface area contributed by atoms with Crippen molar-refractivity contribution in [3.05, 3.63) is 0 Å². The highest BCUT2D eigenvalue weighted by Gasteiger charge is 2.52. The summed E-state index contributed by atoms with van der Waals surface area (Å²) in [5, 5.41) is 21.9. The third-order valence-electron chi connectivity index (χ3n) is 8.25. The second-order valence-electron chi connectivity index (χ2n) is 10.3. The van der Waals surface area contributed by atoms with Gasteiger partial charge in [0.05, 0.1) is 11.7 Å². The molecule has 1 aliphatic rings. The Labute approximate surface area is 186 Å². The van der Waals surface area contributed by atoms with Crippen molar-refractivity contribution >= 4 is 11.8 Å². The first kappa shape index (κ1) is 28.0. The quantitative estimate of drug-likeness (QED) is 0.628. The maximum atomic E-state index is 15.8. The summed E-state index contributed by atoms with van der Waals surface area (Å²) in [7, 11) is 1.56. The van der Waals surface area contributed by atoms with E-state index in [1.807, 2.05) is 20.8 Å². The van der Waals surface area contributed by atoms with E-state index in [0.717, 1.165) is 0 Å². The van der Waals surface area contributed by atoms with E-state index in [-0.39, 0.29) is 24.0 Å². The fourth-order valence-electron chi connectivity index (χ4n) is 4.99. The average molecular weight is 447 g/mol. The molecule has 0 spiro atoms. The van der Waals surface area contributed by atoms with E-state index in [1.165, 1.54) is 13.8 Å². The lowest BCUT2D eigenvalue weighted by molar-refractivity contribution is -0.200. The number of rotatable bonds is 2. The highest BCUT2D eigenvalue weighted by atomic mass is 19.1. The van der Waals surface area contributed by atoms with Gasteiger partial charge in [-0.25, -0.2) is 9.18 Å². The number of hydrogen-bond acceptors (Lipinski definition) is 6. The van der Waals surface area contributed by atoms with Crippen LogP contribution < -0.4 is 0 Å². The van der Waals surface area contributed by atoms with Crippen LogP contribution in [0.15, 0.2) is 0 Å². The lowest BCUT2D eigenvalue weighted by Gasteiger charge is -2.45. The minimum absolute atomic E-state index is 0.157. The summed E-state index contributed by atoms with van der Waals surface area (Å²) in [4.78, 5) is 26.0. The molecule has 2 N–H and O–H groups in total.